The molecule has 1 spiro atoms. The number of carbonyl (C=O) groups excluding carboxylic acids is 2. The lowest BCUT2D eigenvalue weighted by Gasteiger charge is -2.51. The zero-order valence-electron chi connectivity index (χ0n) is 21.4. The Balaban J connectivity index is 1.56. The van der Waals surface area contributed by atoms with Gasteiger partial charge >= 0.3 is 12.0 Å². The molecule has 0 aromatic heterocycles. The molecule has 2 saturated carbocycles. The number of benzene rings is 1. The van der Waals surface area contributed by atoms with Crippen molar-refractivity contribution >= 4 is 12.0 Å². The van der Waals surface area contributed by atoms with E-state index in [2.05, 4.69) is 23.9 Å². The monoisotopic (exact) mass is 473 g/mol. The minimum Gasteiger partial charge on any atom is -0.459 e. The predicted octanol–water partition coefficient (Wildman–Crippen LogP) is 4.77. The average molecular weight is 474 g/mol. The van der Waals surface area contributed by atoms with Gasteiger partial charge in [0, 0.05) is 18.6 Å². The normalized spacial score (nSPS) is 28.0. The van der Waals surface area contributed by atoms with Gasteiger partial charge in [0.25, 0.3) is 0 Å². The molecule has 0 bridgehead atoms. The van der Waals surface area contributed by atoms with Crippen LogP contribution in [0, 0.1) is 11.7 Å². The number of rotatable bonds is 6. The van der Waals surface area contributed by atoms with Gasteiger partial charge in [0.05, 0.1) is 5.54 Å². The second-order valence-corrected chi connectivity index (χ2v) is 11.8. The molecular weight excluding hydrogens is 433 g/mol. The average Bonchev–Trinajstić information content (AvgIpc) is 2.94. The van der Waals surface area contributed by atoms with Crippen molar-refractivity contribution in [2.24, 2.45) is 5.92 Å². The summed E-state index contributed by atoms with van der Waals surface area (Å²) in [6.45, 7) is 6.82. The van der Waals surface area contributed by atoms with Gasteiger partial charge in [0.2, 0.25) is 0 Å². The van der Waals surface area contributed by atoms with Crippen molar-refractivity contribution in [3.8, 4) is 0 Å². The summed E-state index contributed by atoms with van der Waals surface area (Å²) in [7, 11) is 4.12. The molecule has 3 fully saturated rings. The minimum atomic E-state index is -0.579. The highest BCUT2D eigenvalue weighted by molar-refractivity contribution is 5.83. The van der Waals surface area contributed by atoms with E-state index in [0.29, 0.717) is 12.5 Å². The van der Waals surface area contributed by atoms with Crippen LogP contribution in [0.25, 0.3) is 0 Å². The van der Waals surface area contributed by atoms with Crippen LogP contribution in [0.2, 0.25) is 0 Å². The van der Waals surface area contributed by atoms with Gasteiger partial charge in [0.15, 0.2) is 0 Å². The maximum Gasteiger partial charge on any atom is 0.326 e. The fraction of sp³-hybridized carbons (Fsp3) is 0.704. The number of amides is 2. The van der Waals surface area contributed by atoms with Crippen LogP contribution in [-0.4, -0.2) is 71.6 Å². The molecule has 2 amide bonds. The van der Waals surface area contributed by atoms with Crippen LogP contribution in [0.1, 0.15) is 71.3 Å². The van der Waals surface area contributed by atoms with Crippen LogP contribution in [0.5, 0.6) is 0 Å². The number of urea groups is 1. The van der Waals surface area contributed by atoms with E-state index in [4.69, 9.17) is 4.74 Å². The lowest BCUT2D eigenvalue weighted by atomic mass is 9.68. The van der Waals surface area contributed by atoms with E-state index < -0.39 is 5.60 Å². The second kappa shape index (κ2) is 9.14. The number of hydrogen-bond donors (Lipinski definition) is 0. The first-order chi connectivity index (χ1) is 15.9. The van der Waals surface area contributed by atoms with E-state index in [-0.39, 0.29) is 35.4 Å². The van der Waals surface area contributed by atoms with Crippen molar-refractivity contribution in [2.45, 2.75) is 82.4 Å². The summed E-state index contributed by atoms with van der Waals surface area (Å²) in [5, 5.41) is 0. The first-order valence-corrected chi connectivity index (χ1v) is 12.7. The summed E-state index contributed by atoms with van der Waals surface area (Å²) in [6, 6.07) is 6.90. The van der Waals surface area contributed by atoms with Gasteiger partial charge in [-0.2, -0.15) is 0 Å². The summed E-state index contributed by atoms with van der Waals surface area (Å²) in [6.07, 6.45) is 6.87. The topological polar surface area (TPSA) is 53.1 Å². The van der Waals surface area contributed by atoms with Gasteiger partial charge in [-0.15, -0.1) is 0 Å². The quantitative estimate of drug-likeness (QED) is 0.558. The summed E-state index contributed by atoms with van der Waals surface area (Å²) in [4.78, 5) is 32.1. The molecule has 1 aromatic rings. The van der Waals surface area contributed by atoms with Crippen molar-refractivity contribution in [1.29, 1.82) is 0 Å². The molecule has 188 valence electrons. The van der Waals surface area contributed by atoms with E-state index in [1.165, 1.54) is 12.5 Å². The van der Waals surface area contributed by atoms with Gasteiger partial charge in [-0.1, -0.05) is 18.6 Å². The van der Waals surface area contributed by atoms with Gasteiger partial charge < -0.3 is 14.5 Å². The summed E-state index contributed by atoms with van der Waals surface area (Å²) >= 11 is 0. The Morgan fingerprint density at radius 1 is 1.18 bits per heavy atom. The summed E-state index contributed by atoms with van der Waals surface area (Å²) in [5.41, 5.74) is -0.143. The Kier molecular flexibility index (Phi) is 6.71. The van der Waals surface area contributed by atoms with Crippen molar-refractivity contribution in [1.82, 2.24) is 14.7 Å². The molecule has 7 heteroatoms. The maximum absolute atomic E-state index is 14.1. The SMILES string of the molecule is CN(C)C1(c2cccc(F)c2)CCC2(CC1)CN(CC(=O)OC(C)(C)C)C(=O)N2CC1CCC1. The fourth-order valence-electron chi connectivity index (χ4n) is 6.07. The van der Waals surface area contributed by atoms with Crippen LogP contribution in [0.3, 0.4) is 0 Å². The van der Waals surface area contributed by atoms with E-state index in [9.17, 15) is 14.0 Å². The van der Waals surface area contributed by atoms with Crippen molar-refractivity contribution in [3.63, 3.8) is 0 Å². The molecular formula is C27H40FN3O3. The van der Waals surface area contributed by atoms with E-state index in [0.717, 1.165) is 50.6 Å². The van der Waals surface area contributed by atoms with Crippen LogP contribution < -0.4 is 0 Å². The summed E-state index contributed by atoms with van der Waals surface area (Å²) in [5.74, 6) is -0.0315. The summed E-state index contributed by atoms with van der Waals surface area (Å²) < 4.78 is 19.6. The molecule has 0 N–H and O–H groups in total. The van der Waals surface area contributed by atoms with Gasteiger partial charge in [-0.3, -0.25) is 9.69 Å². The van der Waals surface area contributed by atoms with Crippen molar-refractivity contribution in [2.75, 3.05) is 33.7 Å². The number of hydrogen-bond acceptors (Lipinski definition) is 4. The standard InChI is InChI=1S/C27H40FN3O3/c1-25(2,3)34-23(32)18-30-19-26(31(24(30)33)17-20-8-6-9-20)12-14-27(15-13-26,29(4)5)21-10-7-11-22(28)16-21/h7,10-11,16,20H,6,8-9,12-15,17-19H2,1-5H3. The number of halogens is 1. The smallest absolute Gasteiger partial charge is 0.326 e. The lowest BCUT2D eigenvalue weighted by molar-refractivity contribution is -0.155. The molecule has 0 radical (unpaired) electrons. The van der Waals surface area contributed by atoms with Crippen LogP contribution >= 0.6 is 0 Å². The molecule has 2 aliphatic carbocycles. The molecule has 4 rings (SSSR count). The molecule has 3 aliphatic rings. The Morgan fingerprint density at radius 2 is 1.85 bits per heavy atom. The number of ether oxygens (including phenoxy) is 1. The largest absolute Gasteiger partial charge is 0.459 e. The molecule has 1 saturated heterocycles. The number of esters is 1. The van der Waals surface area contributed by atoms with Crippen LogP contribution in [0.15, 0.2) is 24.3 Å². The van der Waals surface area contributed by atoms with Gasteiger partial charge in [-0.05, 0) is 97.0 Å². The number of carbonyl (C=O) groups is 2. The van der Waals surface area contributed by atoms with E-state index >= 15 is 0 Å². The van der Waals surface area contributed by atoms with Crippen molar-refractivity contribution in [3.05, 3.63) is 35.6 Å². The highest BCUT2D eigenvalue weighted by Crippen LogP contribution is 2.49. The highest BCUT2D eigenvalue weighted by atomic mass is 19.1. The zero-order chi connectivity index (χ0) is 24.7. The van der Waals surface area contributed by atoms with Crippen molar-refractivity contribution < 1.29 is 18.7 Å². The third kappa shape index (κ3) is 4.81. The first kappa shape index (κ1) is 25.0. The Hall–Kier alpha value is -2.15. The molecule has 1 aromatic carbocycles. The highest BCUT2D eigenvalue weighted by Gasteiger charge is 2.55. The molecule has 0 unspecified atom stereocenters. The fourth-order valence-corrected chi connectivity index (χ4v) is 6.07. The molecule has 34 heavy (non-hydrogen) atoms. The van der Waals surface area contributed by atoms with Crippen LogP contribution in [0.4, 0.5) is 9.18 Å². The predicted molar refractivity (Wildman–Crippen MR) is 130 cm³/mol. The first-order valence-electron chi connectivity index (χ1n) is 12.7. The third-order valence-electron chi connectivity index (χ3n) is 8.19. The van der Waals surface area contributed by atoms with Gasteiger partial charge in [-0.25, -0.2) is 9.18 Å². The molecule has 0 atom stereocenters. The van der Waals surface area contributed by atoms with E-state index in [1.54, 1.807) is 17.0 Å². The Morgan fingerprint density at radius 3 is 2.38 bits per heavy atom. The lowest BCUT2D eigenvalue weighted by Crippen LogP contribution is -2.56. The molecule has 6 nitrogen and oxygen atoms in total. The maximum atomic E-state index is 14.1. The zero-order valence-corrected chi connectivity index (χ0v) is 21.4. The molecule has 1 heterocycles. The third-order valence-corrected chi connectivity index (χ3v) is 8.19. The van der Waals surface area contributed by atoms with Gasteiger partial charge in [0.1, 0.15) is 18.0 Å². The number of nitrogens with zero attached hydrogens (tertiary/aromatic N) is 3. The minimum absolute atomic E-state index is 0.0122. The Labute approximate surface area is 203 Å². The second-order valence-electron chi connectivity index (χ2n) is 11.8. The molecule has 1 aliphatic heterocycles. The Bertz CT molecular complexity index is 914. The van der Waals surface area contributed by atoms with Crippen LogP contribution in [-0.2, 0) is 15.1 Å². The van der Waals surface area contributed by atoms with E-state index in [1.807, 2.05) is 26.8 Å².